The number of carbonyl (C=O) groups is 1. The number of amides is 1. The summed E-state index contributed by atoms with van der Waals surface area (Å²) in [5, 5.41) is 8.60. The summed E-state index contributed by atoms with van der Waals surface area (Å²) in [5.74, 6) is 0.437. The molecule has 0 spiro atoms. The van der Waals surface area contributed by atoms with E-state index < -0.39 is 0 Å². The zero-order valence-electron chi connectivity index (χ0n) is 15.3. The number of hydrogen-bond donors (Lipinski definition) is 1. The van der Waals surface area contributed by atoms with Crippen molar-refractivity contribution in [3.05, 3.63) is 69.9 Å². The van der Waals surface area contributed by atoms with Crippen molar-refractivity contribution in [2.45, 2.75) is 26.3 Å². The van der Waals surface area contributed by atoms with Crippen molar-refractivity contribution in [2.24, 2.45) is 0 Å². The third-order valence-corrected chi connectivity index (χ3v) is 4.73. The predicted molar refractivity (Wildman–Crippen MR) is 108 cm³/mol. The highest BCUT2D eigenvalue weighted by Gasteiger charge is 2.22. The lowest BCUT2D eigenvalue weighted by atomic mass is 10.2. The van der Waals surface area contributed by atoms with Gasteiger partial charge in [0.2, 0.25) is 5.91 Å². The van der Waals surface area contributed by atoms with Crippen molar-refractivity contribution < 1.29 is 9.78 Å². The van der Waals surface area contributed by atoms with E-state index >= 15 is 0 Å². The van der Waals surface area contributed by atoms with Crippen LogP contribution in [0.5, 0.6) is 0 Å². The Hall–Kier alpha value is -3.19. The van der Waals surface area contributed by atoms with Crippen LogP contribution in [0.25, 0.3) is 16.6 Å². The smallest absolute Gasteiger partial charge is 0.325 e. The Morgan fingerprint density at radius 2 is 1.93 bits per heavy atom. The summed E-state index contributed by atoms with van der Waals surface area (Å²) in [4.78, 5) is 28.8. The molecule has 4 aromatic rings. The van der Waals surface area contributed by atoms with Gasteiger partial charge in [0.1, 0.15) is 6.54 Å². The Bertz CT molecular complexity index is 1230. The molecule has 0 fully saturated rings. The van der Waals surface area contributed by atoms with Crippen LogP contribution in [0.15, 0.2) is 53.3 Å². The highest BCUT2D eigenvalue weighted by atomic mass is 35.5. The summed E-state index contributed by atoms with van der Waals surface area (Å²) < 4.78 is 2.77. The van der Waals surface area contributed by atoms with Gasteiger partial charge in [-0.05, 0) is 47.3 Å². The first-order valence-electron chi connectivity index (χ1n) is 9.04. The standard InChI is InChI=1S/C20H18ClN5O2/c1-2-5-17-23-19-15-6-3-4-7-16(15)25(20(28)26(19)24-17)12-18(27)22-14-10-8-13(21)9-11-14/h3-4,6-11H,2,5,12H2,1H3,(H,22,27)/p+1. The van der Waals surface area contributed by atoms with Crippen LogP contribution in [0.3, 0.4) is 0 Å². The maximum Gasteiger partial charge on any atom is 0.424 e. The molecule has 0 saturated carbocycles. The van der Waals surface area contributed by atoms with Gasteiger partial charge in [0.15, 0.2) is 0 Å². The molecule has 2 aromatic carbocycles. The van der Waals surface area contributed by atoms with Crippen molar-refractivity contribution in [2.75, 3.05) is 5.32 Å². The second kappa shape index (κ2) is 7.44. The maximum atomic E-state index is 13.0. The first-order valence-corrected chi connectivity index (χ1v) is 9.42. The van der Waals surface area contributed by atoms with Crippen molar-refractivity contribution in [1.82, 2.24) is 14.2 Å². The normalized spacial score (nSPS) is 11.2. The van der Waals surface area contributed by atoms with E-state index in [1.807, 2.05) is 24.3 Å². The topological polar surface area (TPSA) is 82.5 Å². The summed E-state index contributed by atoms with van der Waals surface area (Å²) in [6.07, 6.45) is 1.66. The molecular formula is C20H19ClN5O2+. The number of aryl methyl sites for hydroxylation is 1. The van der Waals surface area contributed by atoms with Gasteiger partial charge in [-0.25, -0.2) is 9.78 Å². The van der Waals surface area contributed by atoms with E-state index in [1.54, 1.807) is 24.3 Å². The molecule has 7 nitrogen and oxygen atoms in total. The Labute approximate surface area is 165 Å². The van der Waals surface area contributed by atoms with Gasteiger partial charge in [-0.2, -0.15) is 0 Å². The summed E-state index contributed by atoms with van der Waals surface area (Å²) >= 11 is 5.87. The Morgan fingerprint density at radius 3 is 2.68 bits per heavy atom. The highest BCUT2D eigenvalue weighted by molar-refractivity contribution is 6.30. The van der Waals surface area contributed by atoms with Crippen LogP contribution in [-0.4, -0.2) is 20.1 Å². The van der Waals surface area contributed by atoms with E-state index in [-0.39, 0.29) is 18.1 Å². The van der Waals surface area contributed by atoms with Crippen molar-refractivity contribution in [3.8, 4) is 0 Å². The predicted octanol–water partition coefficient (Wildman–Crippen LogP) is 2.71. The van der Waals surface area contributed by atoms with Crippen LogP contribution < -0.4 is 16.0 Å². The van der Waals surface area contributed by atoms with Gasteiger partial charge in [0.05, 0.1) is 16.0 Å². The molecule has 0 aliphatic rings. The molecular weight excluding hydrogens is 378 g/mol. The molecule has 142 valence electrons. The van der Waals surface area contributed by atoms with Gasteiger partial charge in [-0.3, -0.25) is 9.36 Å². The molecule has 0 aliphatic carbocycles. The van der Waals surface area contributed by atoms with Crippen LogP contribution in [0.2, 0.25) is 5.02 Å². The third kappa shape index (κ3) is 3.36. The summed E-state index contributed by atoms with van der Waals surface area (Å²) in [7, 11) is 0. The lowest BCUT2D eigenvalue weighted by molar-refractivity contribution is -0.358. The molecule has 0 unspecified atom stereocenters. The number of benzene rings is 2. The number of aromatic amines is 1. The summed E-state index contributed by atoms with van der Waals surface area (Å²) in [5.41, 5.74) is 1.56. The number of halogens is 1. The quantitative estimate of drug-likeness (QED) is 0.563. The lowest BCUT2D eigenvalue weighted by Crippen LogP contribution is -2.33. The molecule has 2 heterocycles. The van der Waals surface area contributed by atoms with Crippen LogP contribution in [0.1, 0.15) is 19.2 Å². The average molecular weight is 397 g/mol. The SMILES string of the molecule is CCCc1nn2c(=O)n(CC(=O)Nc3ccc(Cl)cc3)c3ccccc3c2[nH+]1. The number of H-pyrrole nitrogens is 1. The molecule has 8 heteroatoms. The van der Waals surface area contributed by atoms with Crippen LogP contribution in [0.4, 0.5) is 5.69 Å². The van der Waals surface area contributed by atoms with Gasteiger partial charge >= 0.3 is 5.69 Å². The summed E-state index contributed by atoms with van der Waals surface area (Å²) in [6, 6.07) is 14.3. The van der Waals surface area contributed by atoms with Crippen molar-refractivity contribution in [1.29, 1.82) is 0 Å². The number of hydrogen-bond acceptors (Lipinski definition) is 3. The minimum Gasteiger partial charge on any atom is -0.325 e. The van der Waals surface area contributed by atoms with E-state index in [0.29, 0.717) is 21.9 Å². The molecule has 0 radical (unpaired) electrons. The minimum absolute atomic E-state index is 0.124. The fourth-order valence-corrected chi connectivity index (χ4v) is 3.34. The van der Waals surface area contributed by atoms with E-state index in [2.05, 4.69) is 22.3 Å². The first kappa shape index (κ1) is 18.2. The van der Waals surface area contributed by atoms with E-state index in [1.165, 1.54) is 9.08 Å². The molecule has 1 amide bonds. The fourth-order valence-electron chi connectivity index (χ4n) is 3.21. The van der Waals surface area contributed by atoms with Gasteiger partial charge in [-0.1, -0.05) is 30.7 Å². The van der Waals surface area contributed by atoms with E-state index in [4.69, 9.17) is 11.6 Å². The molecule has 0 atom stereocenters. The van der Waals surface area contributed by atoms with Gasteiger partial charge in [0.25, 0.3) is 11.5 Å². The highest BCUT2D eigenvalue weighted by Crippen LogP contribution is 2.16. The lowest BCUT2D eigenvalue weighted by Gasteiger charge is -2.09. The zero-order valence-corrected chi connectivity index (χ0v) is 16.0. The number of carbonyl (C=O) groups excluding carboxylic acids is 1. The van der Waals surface area contributed by atoms with E-state index in [9.17, 15) is 9.59 Å². The monoisotopic (exact) mass is 396 g/mol. The van der Waals surface area contributed by atoms with E-state index in [0.717, 1.165) is 24.1 Å². The second-order valence-corrected chi connectivity index (χ2v) is 6.96. The van der Waals surface area contributed by atoms with Crippen LogP contribution in [0, 0.1) is 0 Å². The first-order chi connectivity index (χ1) is 13.6. The van der Waals surface area contributed by atoms with Crippen molar-refractivity contribution >= 4 is 39.7 Å². The Morgan fingerprint density at radius 1 is 1.18 bits per heavy atom. The number of rotatable bonds is 5. The number of aromatic nitrogens is 4. The van der Waals surface area contributed by atoms with Crippen LogP contribution >= 0.6 is 11.6 Å². The average Bonchev–Trinajstić information content (AvgIpc) is 3.12. The second-order valence-electron chi connectivity index (χ2n) is 6.52. The number of nitrogens with zero attached hydrogens (tertiary/aromatic N) is 3. The molecule has 2 aromatic heterocycles. The Balaban J connectivity index is 1.76. The molecule has 2 N–H and O–H groups in total. The number of para-hydroxylation sites is 1. The van der Waals surface area contributed by atoms with Gasteiger partial charge in [0, 0.05) is 17.1 Å². The van der Waals surface area contributed by atoms with Crippen molar-refractivity contribution in [3.63, 3.8) is 0 Å². The van der Waals surface area contributed by atoms with Gasteiger partial charge in [-0.15, -0.1) is 0 Å². The van der Waals surface area contributed by atoms with Gasteiger partial charge < -0.3 is 5.32 Å². The van der Waals surface area contributed by atoms with Crippen LogP contribution in [-0.2, 0) is 17.8 Å². The number of nitrogens with one attached hydrogen (secondary N) is 2. The summed E-state index contributed by atoms with van der Waals surface area (Å²) in [6.45, 7) is 1.93. The Kier molecular flexibility index (Phi) is 4.83. The molecule has 0 saturated heterocycles. The third-order valence-electron chi connectivity index (χ3n) is 4.47. The zero-order chi connectivity index (χ0) is 19.7. The fraction of sp³-hybridized carbons (Fsp3) is 0.200. The molecule has 28 heavy (non-hydrogen) atoms. The largest absolute Gasteiger partial charge is 0.424 e. The molecule has 0 aliphatic heterocycles. The number of anilines is 1. The minimum atomic E-state index is -0.362. The number of fused-ring (bicyclic) bond motifs is 3. The molecule has 4 rings (SSSR count). The maximum absolute atomic E-state index is 13.0. The molecule has 0 bridgehead atoms.